The summed E-state index contributed by atoms with van der Waals surface area (Å²) >= 11 is 0. The van der Waals surface area contributed by atoms with Gasteiger partial charge in [-0.1, -0.05) is 12.1 Å². The summed E-state index contributed by atoms with van der Waals surface area (Å²) in [5.74, 6) is 0.840. The SMILES string of the molecule is CCOc1nc2ccccc2nc1OCCC[C@H]1CCCCN1C(=O)OC(C)(C)C. The highest BCUT2D eigenvalue weighted by molar-refractivity contribution is 5.75. The third-order valence-electron chi connectivity index (χ3n) is 4.97. The van der Waals surface area contributed by atoms with Crippen LogP contribution < -0.4 is 9.47 Å². The highest BCUT2D eigenvalue weighted by Crippen LogP contribution is 2.27. The van der Waals surface area contributed by atoms with Crippen molar-refractivity contribution >= 4 is 17.1 Å². The molecule has 7 nitrogen and oxygen atoms in total. The van der Waals surface area contributed by atoms with E-state index < -0.39 is 5.60 Å². The summed E-state index contributed by atoms with van der Waals surface area (Å²) in [5, 5.41) is 0. The maximum Gasteiger partial charge on any atom is 0.410 e. The molecule has 1 aliphatic rings. The van der Waals surface area contributed by atoms with Crippen molar-refractivity contribution in [3.05, 3.63) is 24.3 Å². The van der Waals surface area contributed by atoms with Crippen LogP contribution in [-0.2, 0) is 4.74 Å². The lowest BCUT2D eigenvalue weighted by atomic mass is 9.98. The first kappa shape index (κ1) is 22.1. The molecule has 3 rings (SSSR count). The smallest absolute Gasteiger partial charge is 0.410 e. The molecule has 0 unspecified atom stereocenters. The number of ether oxygens (including phenoxy) is 3. The Kier molecular flexibility index (Phi) is 7.34. The zero-order valence-corrected chi connectivity index (χ0v) is 18.5. The molecule has 30 heavy (non-hydrogen) atoms. The summed E-state index contributed by atoms with van der Waals surface area (Å²) in [5.41, 5.74) is 1.08. The number of hydrogen-bond acceptors (Lipinski definition) is 6. The second-order valence-corrected chi connectivity index (χ2v) is 8.57. The van der Waals surface area contributed by atoms with Crippen LogP contribution in [-0.4, -0.2) is 52.4 Å². The highest BCUT2D eigenvalue weighted by atomic mass is 16.6. The fourth-order valence-electron chi connectivity index (χ4n) is 3.64. The van der Waals surface area contributed by atoms with Gasteiger partial charge < -0.3 is 19.1 Å². The number of hydrogen-bond donors (Lipinski definition) is 0. The van der Waals surface area contributed by atoms with Crippen molar-refractivity contribution in [1.29, 1.82) is 0 Å². The van der Waals surface area contributed by atoms with Crippen LogP contribution in [0.25, 0.3) is 11.0 Å². The van der Waals surface area contributed by atoms with Crippen molar-refractivity contribution in [2.24, 2.45) is 0 Å². The Balaban J connectivity index is 1.58. The number of amides is 1. The van der Waals surface area contributed by atoms with E-state index in [2.05, 4.69) is 9.97 Å². The summed E-state index contributed by atoms with van der Waals surface area (Å²) in [4.78, 5) is 23.5. The fourth-order valence-corrected chi connectivity index (χ4v) is 3.64. The van der Waals surface area contributed by atoms with Crippen LogP contribution in [0.3, 0.4) is 0 Å². The Morgan fingerprint density at radius 1 is 1.10 bits per heavy atom. The molecule has 1 aromatic heterocycles. The predicted octanol–water partition coefficient (Wildman–Crippen LogP) is 4.98. The van der Waals surface area contributed by atoms with E-state index in [1.165, 1.54) is 0 Å². The van der Waals surface area contributed by atoms with Crippen LogP contribution >= 0.6 is 0 Å². The van der Waals surface area contributed by atoms with Gasteiger partial charge in [-0.25, -0.2) is 14.8 Å². The van der Waals surface area contributed by atoms with E-state index >= 15 is 0 Å². The van der Waals surface area contributed by atoms with Gasteiger partial charge in [0.2, 0.25) is 0 Å². The van der Waals surface area contributed by atoms with Gasteiger partial charge in [0.05, 0.1) is 24.2 Å². The molecule has 2 heterocycles. The second-order valence-electron chi connectivity index (χ2n) is 8.57. The lowest BCUT2D eigenvalue weighted by Gasteiger charge is -2.36. The average Bonchev–Trinajstić information content (AvgIpc) is 2.70. The fraction of sp³-hybridized carbons (Fsp3) is 0.609. The molecule has 7 heteroatoms. The van der Waals surface area contributed by atoms with Gasteiger partial charge in [0.25, 0.3) is 11.8 Å². The number of rotatable bonds is 7. The Labute approximate surface area is 178 Å². The molecule has 2 aromatic rings. The summed E-state index contributed by atoms with van der Waals surface area (Å²) < 4.78 is 17.1. The van der Waals surface area contributed by atoms with Crippen LogP contribution in [0.1, 0.15) is 59.8 Å². The Hall–Kier alpha value is -2.57. The molecule has 1 saturated heterocycles. The number of benzene rings is 1. The summed E-state index contributed by atoms with van der Waals surface area (Å²) in [6.07, 6.45) is 4.62. The first-order chi connectivity index (χ1) is 14.4. The van der Waals surface area contributed by atoms with E-state index in [1.807, 2.05) is 56.9 Å². The van der Waals surface area contributed by atoms with Crippen LogP contribution in [0, 0.1) is 0 Å². The number of piperidine rings is 1. The minimum absolute atomic E-state index is 0.186. The molecular weight excluding hydrogens is 382 g/mol. The number of para-hydroxylation sites is 2. The van der Waals surface area contributed by atoms with Crippen LogP contribution in [0.15, 0.2) is 24.3 Å². The van der Waals surface area contributed by atoms with Gasteiger partial charge in [0, 0.05) is 12.6 Å². The number of likely N-dealkylation sites (tertiary alicyclic amines) is 1. The molecule has 1 atom stereocenters. The van der Waals surface area contributed by atoms with Gasteiger partial charge >= 0.3 is 6.09 Å². The molecule has 164 valence electrons. The van der Waals surface area contributed by atoms with Gasteiger partial charge in [-0.3, -0.25) is 0 Å². The number of carbonyl (C=O) groups excluding carboxylic acids is 1. The lowest BCUT2D eigenvalue weighted by Crippen LogP contribution is -2.46. The summed E-state index contributed by atoms with van der Waals surface area (Å²) in [6.45, 7) is 9.36. The minimum atomic E-state index is -0.480. The van der Waals surface area contributed by atoms with Crippen LogP contribution in [0.2, 0.25) is 0 Å². The maximum absolute atomic E-state index is 12.6. The van der Waals surface area contributed by atoms with Crippen LogP contribution in [0.5, 0.6) is 11.8 Å². The summed E-state index contributed by atoms with van der Waals surface area (Å²) in [6, 6.07) is 7.85. The molecule has 0 aliphatic carbocycles. The molecule has 1 amide bonds. The molecule has 1 fully saturated rings. The van der Waals surface area contributed by atoms with E-state index in [0.717, 1.165) is 49.7 Å². The number of nitrogens with zero attached hydrogens (tertiary/aromatic N) is 3. The number of carbonyl (C=O) groups is 1. The topological polar surface area (TPSA) is 73.8 Å². The van der Waals surface area contributed by atoms with Crippen molar-refractivity contribution in [3.63, 3.8) is 0 Å². The average molecular weight is 416 g/mol. The van der Waals surface area contributed by atoms with Gasteiger partial charge in [-0.15, -0.1) is 0 Å². The van der Waals surface area contributed by atoms with Gasteiger partial charge in [0.1, 0.15) is 5.60 Å². The standard InChI is InChI=1S/C23H33N3O4/c1-5-28-20-21(25-19-14-7-6-13-18(19)24-20)29-16-10-12-17-11-8-9-15-26(17)22(27)30-23(2,3)4/h6-7,13-14,17H,5,8-12,15-16H2,1-4H3/t17-/m1/s1. The molecule has 0 radical (unpaired) electrons. The van der Waals surface area contributed by atoms with Crippen molar-refractivity contribution in [2.75, 3.05) is 19.8 Å². The Bertz CT molecular complexity index is 850. The Morgan fingerprint density at radius 2 is 1.77 bits per heavy atom. The zero-order valence-electron chi connectivity index (χ0n) is 18.5. The molecule has 0 spiro atoms. The monoisotopic (exact) mass is 415 g/mol. The van der Waals surface area contributed by atoms with Crippen molar-refractivity contribution in [2.45, 2.75) is 71.4 Å². The highest BCUT2D eigenvalue weighted by Gasteiger charge is 2.30. The van der Waals surface area contributed by atoms with Gasteiger partial charge in [-0.05, 0) is 71.9 Å². The lowest BCUT2D eigenvalue weighted by molar-refractivity contribution is 0.00821. The molecule has 0 bridgehead atoms. The second kappa shape index (κ2) is 9.96. The molecule has 0 saturated carbocycles. The van der Waals surface area contributed by atoms with E-state index in [0.29, 0.717) is 25.0 Å². The largest absolute Gasteiger partial charge is 0.474 e. The van der Waals surface area contributed by atoms with Crippen molar-refractivity contribution in [1.82, 2.24) is 14.9 Å². The van der Waals surface area contributed by atoms with E-state index in [9.17, 15) is 4.79 Å². The van der Waals surface area contributed by atoms with E-state index in [-0.39, 0.29) is 12.1 Å². The predicted molar refractivity (Wildman–Crippen MR) is 116 cm³/mol. The van der Waals surface area contributed by atoms with Crippen molar-refractivity contribution < 1.29 is 19.0 Å². The normalized spacial score (nSPS) is 17.1. The maximum atomic E-state index is 12.6. The third-order valence-corrected chi connectivity index (χ3v) is 4.97. The molecule has 0 N–H and O–H groups in total. The minimum Gasteiger partial charge on any atom is -0.474 e. The molecule has 1 aromatic carbocycles. The number of fused-ring (bicyclic) bond motifs is 1. The number of aromatic nitrogens is 2. The first-order valence-corrected chi connectivity index (χ1v) is 10.9. The summed E-state index contributed by atoms with van der Waals surface area (Å²) in [7, 11) is 0. The van der Waals surface area contributed by atoms with Gasteiger partial charge in [0.15, 0.2) is 0 Å². The van der Waals surface area contributed by atoms with E-state index in [4.69, 9.17) is 14.2 Å². The quantitative estimate of drug-likeness (QED) is 0.594. The third kappa shape index (κ3) is 5.97. The van der Waals surface area contributed by atoms with E-state index in [1.54, 1.807) is 0 Å². The van der Waals surface area contributed by atoms with Gasteiger partial charge in [-0.2, -0.15) is 0 Å². The Morgan fingerprint density at radius 3 is 2.40 bits per heavy atom. The first-order valence-electron chi connectivity index (χ1n) is 10.9. The van der Waals surface area contributed by atoms with Crippen LogP contribution in [0.4, 0.5) is 4.79 Å². The zero-order chi connectivity index (χ0) is 21.6. The van der Waals surface area contributed by atoms with Crippen molar-refractivity contribution in [3.8, 4) is 11.8 Å². The molecular formula is C23H33N3O4. The molecule has 1 aliphatic heterocycles.